The molecule has 1 aliphatic rings. The third-order valence-electron chi connectivity index (χ3n) is 5.18. The number of nitrogens with zero attached hydrogens (tertiary/aromatic N) is 4. The summed E-state index contributed by atoms with van der Waals surface area (Å²) in [5.41, 5.74) is 0.103. The summed E-state index contributed by atoms with van der Waals surface area (Å²) in [7, 11) is 0. The number of hydrogen-bond donors (Lipinski definition) is 2. The van der Waals surface area contributed by atoms with Gasteiger partial charge < -0.3 is 14.5 Å². The SMILES string of the molecule is O=C(Cc1c[nH]c(=O)[nH]c1=O)N1CCCC(c2nccn2Cc2ccccn2)C1. The van der Waals surface area contributed by atoms with Crippen LogP contribution in [0.4, 0.5) is 0 Å². The zero-order valence-corrected chi connectivity index (χ0v) is 15.9. The number of aromatic nitrogens is 5. The molecule has 3 aromatic heterocycles. The van der Waals surface area contributed by atoms with Crippen LogP contribution >= 0.6 is 0 Å². The number of likely N-dealkylation sites (tertiary alicyclic amines) is 1. The van der Waals surface area contributed by atoms with Crippen LogP contribution in [-0.4, -0.2) is 48.4 Å². The molecule has 0 radical (unpaired) electrons. The molecule has 1 fully saturated rings. The van der Waals surface area contributed by atoms with E-state index in [-0.39, 0.29) is 23.8 Å². The lowest BCUT2D eigenvalue weighted by Gasteiger charge is -2.32. The van der Waals surface area contributed by atoms with Gasteiger partial charge in [0, 0.05) is 49.4 Å². The zero-order chi connectivity index (χ0) is 20.2. The lowest BCUT2D eigenvalue weighted by Crippen LogP contribution is -2.41. The molecule has 29 heavy (non-hydrogen) atoms. The van der Waals surface area contributed by atoms with E-state index >= 15 is 0 Å². The maximum atomic E-state index is 12.7. The molecular formula is C20H22N6O3. The van der Waals surface area contributed by atoms with Crippen LogP contribution in [-0.2, 0) is 17.8 Å². The van der Waals surface area contributed by atoms with Gasteiger partial charge in [0.15, 0.2) is 0 Å². The fourth-order valence-corrected chi connectivity index (χ4v) is 3.74. The van der Waals surface area contributed by atoms with Crippen LogP contribution in [0.3, 0.4) is 0 Å². The second kappa shape index (κ2) is 8.26. The molecular weight excluding hydrogens is 372 g/mol. The number of rotatable bonds is 5. The molecule has 4 rings (SSSR count). The average molecular weight is 394 g/mol. The number of piperidine rings is 1. The molecule has 4 heterocycles. The molecule has 1 atom stereocenters. The van der Waals surface area contributed by atoms with Gasteiger partial charge in [-0.2, -0.15) is 0 Å². The van der Waals surface area contributed by atoms with E-state index in [1.165, 1.54) is 6.20 Å². The van der Waals surface area contributed by atoms with Crippen molar-refractivity contribution in [2.24, 2.45) is 0 Å². The van der Waals surface area contributed by atoms with Gasteiger partial charge in [0.25, 0.3) is 5.56 Å². The normalized spacial score (nSPS) is 16.7. The molecule has 0 spiro atoms. The number of pyridine rings is 1. The topological polar surface area (TPSA) is 117 Å². The lowest BCUT2D eigenvalue weighted by atomic mass is 9.96. The summed E-state index contributed by atoms with van der Waals surface area (Å²) in [6.45, 7) is 1.84. The first-order valence-electron chi connectivity index (χ1n) is 9.60. The summed E-state index contributed by atoms with van der Waals surface area (Å²) >= 11 is 0. The third-order valence-corrected chi connectivity index (χ3v) is 5.18. The van der Waals surface area contributed by atoms with Crippen LogP contribution in [0.25, 0.3) is 0 Å². The Morgan fingerprint density at radius 1 is 1.21 bits per heavy atom. The van der Waals surface area contributed by atoms with Crippen LogP contribution in [0.5, 0.6) is 0 Å². The van der Waals surface area contributed by atoms with Gasteiger partial charge in [0.05, 0.1) is 18.7 Å². The Labute approximate surface area is 166 Å². The van der Waals surface area contributed by atoms with Crippen LogP contribution < -0.4 is 11.2 Å². The van der Waals surface area contributed by atoms with Gasteiger partial charge in [0.1, 0.15) is 5.82 Å². The van der Waals surface area contributed by atoms with E-state index in [4.69, 9.17) is 0 Å². The Bertz CT molecular complexity index is 1100. The minimum Gasteiger partial charge on any atom is -0.342 e. The molecule has 0 aliphatic carbocycles. The van der Waals surface area contributed by atoms with Gasteiger partial charge >= 0.3 is 5.69 Å². The molecule has 1 unspecified atom stereocenters. The van der Waals surface area contributed by atoms with Crippen molar-refractivity contribution in [3.8, 4) is 0 Å². The number of carbonyl (C=O) groups excluding carboxylic acids is 1. The maximum Gasteiger partial charge on any atom is 0.325 e. The van der Waals surface area contributed by atoms with Gasteiger partial charge in [-0.15, -0.1) is 0 Å². The molecule has 150 valence electrons. The highest BCUT2D eigenvalue weighted by Gasteiger charge is 2.27. The highest BCUT2D eigenvalue weighted by atomic mass is 16.2. The Hall–Kier alpha value is -3.49. The van der Waals surface area contributed by atoms with Gasteiger partial charge in [-0.3, -0.25) is 19.6 Å². The molecule has 0 saturated carbocycles. The average Bonchev–Trinajstić information content (AvgIpc) is 3.19. The third kappa shape index (κ3) is 4.34. The van der Waals surface area contributed by atoms with E-state index in [2.05, 4.69) is 24.5 Å². The van der Waals surface area contributed by atoms with Crippen molar-refractivity contribution in [1.82, 2.24) is 29.4 Å². The molecule has 1 aliphatic heterocycles. The zero-order valence-electron chi connectivity index (χ0n) is 15.9. The fourth-order valence-electron chi connectivity index (χ4n) is 3.74. The molecule has 3 aromatic rings. The highest BCUT2D eigenvalue weighted by Crippen LogP contribution is 2.26. The molecule has 1 saturated heterocycles. The number of carbonyl (C=O) groups is 1. The standard InChI is InChI=1S/C20H22N6O3/c27-17(10-15-11-23-20(29)24-19(15)28)25-8-3-4-14(12-25)18-22-7-9-26(18)13-16-5-1-2-6-21-16/h1-2,5-7,9,11,14H,3-4,8,10,12-13H2,(H2,23,24,28,29). The fraction of sp³-hybridized carbons (Fsp3) is 0.350. The van der Waals surface area contributed by atoms with Crippen molar-refractivity contribution in [2.75, 3.05) is 13.1 Å². The number of imidazole rings is 1. The first-order chi connectivity index (χ1) is 14.1. The predicted molar refractivity (Wildman–Crippen MR) is 106 cm³/mol. The summed E-state index contributed by atoms with van der Waals surface area (Å²) in [6.07, 6.45) is 8.56. The Balaban J connectivity index is 1.46. The van der Waals surface area contributed by atoms with Gasteiger partial charge in [-0.25, -0.2) is 9.78 Å². The number of nitrogens with one attached hydrogen (secondary N) is 2. The van der Waals surface area contributed by atoms with E-state index in [9.17, 15) is 14.4 Å². The number of aromatic amines is 2. The van der Waals surface area contributed by atoms with Crippen LogP contribution in [0.15, 0.2) is 52.6 Å². The van der Waals surface area contributed by atoms with Crippen molar-refractivity contribution in [3.63, 3.8) is 0 Å². The van der Waals surface area contributed by atoms with Crippen molar-refractivity contribution in [2.45, 2.75) is 31.7 Å². The Morgan fingerprint density at radius 2 is 2.10 bits per heavy atom. The quantitative estimate of drug-likeness (QED) is 0.659. The molecule has 0 aromatic carbocycles. The van der Waals surface area contributed by atoms with Gasteiger partial charge in [0.2, 0.25) is 5.91 Å². The van der Waals surface area contributed by atoms with Crippen LogP contribution in [0, 0.1) is 0 Å². The smallest absolute Gasteiger partial charge is 0.325 e. The number of H-pyrrole nitrogens is 2. The monoisotopic (exact) mass is 394 g/mol. The molecule has 2 N–H and O–H groups in total. The van der Waals surface area contributed by atoms with E-state index in [0.29, 0.717) is 19.6 Å². The predicted octanol–water partition coefficient (Wildman–Crippen LogP) is 0.652. The highest BCUT2D eigenvalue weighted by molar-refractivity contribution is 5.78. The van der Waals surface area contributed by atoms with Crippen LogP contribution in [0.1, 0.15) is 35.8 Å². The second-order valence-electron chi connectivity index (χ2n) is 7.19. The van der Waals surface area contributed by atoms with Crippen molar-refractivity contribution < 1.29 is 4.79 Å². The molecule has 0 bridgehead atoms. The molecule has 9 nitrogen and oxygen atoms in total. The minimum absolute atomic E-state index is 0.0405. The maximum absolute atomic E-state index is 12.7. The largest absolute Gasteiger partial charge is 0.342 e. The number of hydrogen-bond acceptors (Lipinski definition) is 5. The summed E-state index contributed by atoms with van der Waals surface area (Å²) in [6, 6.07) is 5.82. The van der Waals surface area contributed by atoms with E-state index in [0.717, 1.165) is 24.4 Å². The minimum atomic E-state index is -0.580. The molecule has 9 heteroatoms. The second-order valence-corrected chi connectivity index (χ2v) is 7.19. The van der Waals surface area contributed by atoms with Crippen LogP contribution in [0.2, 0.25) is 0 Å². The number of amides is 1. The van der Waals surface area contributed by atoms with Gasteiger partial charge in [-0.1, -0.05) is 6.07 Å². The lowest BCUT2D eigenvalue weighted by molar-refractivity contribution is -0.131. The van der Waals surface area contributed by atoms with Crippen molar-refractivity contribution in [3.05, 3.63) is 80.9 Å². The summed E-state index contributed by atoms with van der Waals surface area (Å²) in [5, 5.41) is 0. The summed E-state index contributed by atoms with van der Waals surface area (Å²) < 4.78 is 2.08. The van der Waals surface area contributed by atoms with Gasteiger partial charge in [-0.05, 0) is 25.0 Å². The Kier molecular flexibility index (Phi) is 5.37. The van der Waals surface area contributed by atoms with Crippen molar-refractivity contribution >= 4 is 5.91 Å². The van der Waals surface area contributed by atoms with Crippen molar-refractivity contribution in [1.29, 1.82) is 0 Å². The summed E-state index contributed by atoms with van der Waals surface area (Å²) in [4.78, 5) is 51.0. The first kappa shape index (κ1) is 18.9. The Morgan fingerprint density at radius 3 is 2.90 bits per heavy atom. The molecule has 1 amide bonds. The van der Waals surface area contributed by atoms with E-state index in [1.807, 2.05) is 24.4 Å². The first-order valence-corrected chi connectivity index (χ1v) is 9.60. The van der Waals surface area contributed by atoms with E-state index in [1.54, 1.807) is 17.3 Å². The summed E-state index contributed by atoms with van der Waals surface area (Å²) in [5.74, 6) is 0.936. The van der Waals surface area contributed by atoms with E-state index < -0.39 is 11.2 Å².